The largest absolute Gasteiger partial charge is 0.356 e. The predicted octanol–water partition coefficient (Wildman–Crippen LogP) is 3.18. The number of carbonyl (C=O) groups excluding carboxylic acids is 1. The normalized spacial score (nSPS) is 14.5. The fourth-order valence-corrected chi connectivity index (χ4v) is 4.86. The van der Waals surface area contributed by atoms with E-state index in [9.17, 15) is 13.2 Å². The number of sulfone groups is 1. The van der Waals surface area contributed by atoms with Crippen LogP contribution < -0.4 is 5.32 Å². The minimum absolute atomic E-state index is 0.0184. The Hall–Kier alpha value is -1.70. The molecule has 0 saturated carbocycles. The van der Waals surface area contributed by atoms with Crippen molar-refractivity contribution in [2.24, 2.45) is 0 Å². The molecular weight excluding hydrogens is 440 g/mol. The van der Waals surface area contributed by atoms with Gasteiger partial charge in [0, 0.05) is 37.1 Å². The number of carbonyl (C=O) groups is 1. The standard InChI is InChI=1S/C21H25BrN2O3S/c22-19-6-8-20(9-7-19)28(26,27)15-11-21(25)23-12-3-13-24-14-10-17-4-1-2-5-18(17)16-24/h1-2,4-9H,3,10-16H2,(H,23,25). The summed E-state index contributed by atoms with van der Waals surface area (Å²) in [7, 11) is -3.44. The third-order valence-corrected chi connectivity index (χ3v) is 7.21. The fraction of sp³-hybridized carbons (Fsp3) is 0.381. The average Bonchev–Trinajstić information content (AvgIpc) is 2.70. The molecule has 2 aromatic rings. The number of rotatable bonds is 8. The van der Waals surface area contributed by atoms with E-state index in [4.69, 9.17) is 0 Å². The molecule has 1 amide bonds. The molecular formula is C21H25BrN2O3S. The van der Waals surface area contributed by atoms with Crippen molar-refractivity contribution < 1.29 is 13.2 Å². The molecule has 0 unspecified atom stereocenters. The van der Waals surface area contributed by atoms with Gasteiger partial charge in [-0.2, -0.15) is 0 Å². The van der Waals surface area contributed by atoms with Crippen molar-refractivity contribution in [2.75, 3.05) is 25.4 Å². The van der Waals surface area contributed by atoms with E-state index in [0.29, 0.717) is 6.54 Å². The van der Waals surface area contributed by atoms with Gasteiger partial charge in [0.05, 0.1) is 10.6 Å². The van der Waals surface area contributed by atoms with Crippen LogP contribution in [0.3, 0.4) is 0 Å². The molecule has 0 bridgehead atoms. The van der Waals surface area contributed by atoms with Gasteiger partial charge in [-0.1, -0.05) is 40.2 Å². The highest BCUT2D eigenvalue weighted by atomic mass is 79.9. The quantitative estimate of drug-likeness (QED) is 0.609. The van der Waals surface area contributed by atoms with E-state index in [1.165, 1.54) is 11.1 Å². The van der Waals surface area contributed by atoms with Crippen LogP contribution >= 0.6 is 15.9 Å². The van der Waals surface area contributed by atoms with Crippen molar-refractivity contribution in [1.82, 2.24) is 10.2 Å². The van der Waals surface area contributed by atoms with Crippen molar-refractivity contribution in [1.29, 1.82) is 0 Å². The molecule has 1 N–H and O–H groups in total. The summed E-state index contributed by atoms with van der Waals surface area (Å²) in [6, 6.07) is 15.0. The third-order valence-electron chi connectivity index (χ3n) is 4.95. The first-order valence-corrected chi connectivity index (χ1v) is 11.9. The van der Waals surface area contributed by atoms with Gasteiger partial charge in [-0.15, -0.1) is 0 Å². The Morgan fingerprint density at radius 3 is 2.54 bits per heavy atom. The number of halogens is 1. The van der Waals surface area contributed by atoms with Gasteiger partial charge >= 0.3 is 0 Å². The molecule has 3 rings (SSSR count). The van der Waals surface area contributed by atoms with E-state index < -0.39 is 9.84 Å². The van der Waals surface area contributed by atoms with Crippen LogP contribution in [0, 0.1) is 0 Å². The molecule has 0 atom stereocenters. The summed E-state index contributed by atoms with van der Waals surface area (Å²) in [6.45, 7) is 3.48. The number of fused-ring (bicyclic) bond motifs is 1. The van der Waals surface area contributed by atoms with Crippen LogP contribution in [0.15, 0.2) is 57.9 Å². The Labute approximate surface area is 175 Å². The number of nitrogens with one attached hydrogen (secondary N) is 1. The zero-order valence-corrected chi connectivity index (χ0v) is 18.1. The summed E-state index contributed by atoms with van der Waals surface area (Å²) < 4.78 is 25.4. The summed E-state index contributed by atoms with van der Waals surface area (Å²) in [4.78, 5) is 14.6. The molecule has 0 aliphatic carbocycles. The van der Waals surface area contributed by atoms with Gasteiger partial charge in [0.1, 0.15) is 0 Å². The minimum atomic E-state index is -3.44. The lowest BCUT2D eigenvalue weighted by atomic mass is 10.00. The van der Waals surface area contributed by atoms with Crippen LogP contribution in [-0.2, 0) is 27.6 Å². The molecule has 1 aliphatic rings. The van der Waals surface area contributed by atoms with Gasteiger partial charge in [-0.25, -0.2) is 8.42 Å². The van der Waals surface area contributed by atoms with E-state index in [0.717, 1.165) is 36.9 Å². The molecule has 2 aromatic carbocycles. The molecule has 1 heterocycles. The fourth-order valence-electron chi connectivity index (χ4n) is 3.35. The van der Waals surface area contributed by atoms with Crippen molar-refractivity contribution >= 4 is 31.7 Å². The molecule has 1 aliphatic heterocycles. The highest BCUT2D eigenvalue weighted by Gasteiger charge is 2.17. The van der Waals surface area contributed by atoms with Gasteiger partial charge in [0.15, 0.2) is 9.84 Å². The zero-order valence-electron chi connectivity index (χ0n) is 15.7. The van der Waals surface area contributed by atoms with Gasteiger partial charge in [-0.05, 0) is 48.2 Å². The maximum absolute atomic E-state index is 12.3. The van der Waals surface area contributed by atoms with Crippen molar-refractivity contribution in [3.05, 3.63) is 64.1 Å². The van der Waals surface area contributed by atoms with E-state index in [-0.39, 0.29) is 23.0 Å². The van der Waals surface area contributed by atoms with Gasteiger partial charge in [-0.3, -0.25) is 9.69 Å². The van der Waals surface area contributed by atoms with E-state index in [1.54, 1.807) is 24.3 Å². The second kappa shape index (κ2) is 9.67. The van der Waals surface area contributed by atoms with Crippen LogP contribution in [-0.4, -0.2) is 44.6 Å². The van der Waals surface area contributed by atoms with Crippen molar-refractivity contribution in [2.45, 2.75) is 30.7 Å². The first-order chi connectivity index (χ1) is 13.4. The van der Waals surface area contributed by atoms with Gasteiger partial charge in [0.2, 0.25) is 5.91 Å². The monoisotopic (exact) mass is 464 g/mol. The zero-order chi connectivity index (χ0) is 20.0. The minimum Gasteiger partial charge on any atom is -0.356 e. The summed E-state index contributed by atoms with van der Waals surface area (Å²) in [6.07, 6.45) is 1.90. The molecule has 5 nitrogen and oxygen atoms in total. The van der Waals surface area contributed by atoms with E-state index in [1.807, 2.05) is 0 Å². The van der Waals surface area contributed by atoms with Gasteiger partial charge in [0.25, 0.3) is 0 Å². The summed E-state index contributed by atoms with van der Waals surface area (Å²) >= 11 is 3.28. The lowest BCUT2D eigenvalue weighted by Gasteiger charge is -2.28. The smallest absolute Gasteiger partial charge is 0.221 e. The first kappa shape index (κ1) is 21.0. The molecule has 0 fully saturated rings. The third kappa shape index (κ3) is 5.90. The van der Waals surface area contributed by atoms with Crippen LogP contribution in [0.4, 0.5) is 0 Å². The Morgan fingerprint density at radius 1 is 1.07 bits per heavy atom. The number of hydrogen-bond acceptors (Lipinski definition) is 4. The Morgan fingerprint density at radius 2 is 1.79 bits per heavy atom. The van der Waals surface area contributed by atoms with Crippen molar-refractivity contribution in [3.8, 4) is 0 Å². The van der Waals surface area contributed by atoms with Crippen LogP contribution in [0.2, 0.25) is 0 Å². The Bertz CT molecular complexity index is 914. The van der Waals surface area contributed by atoms with E-state index >= 15 is 0 Å². The van der Waals surface area contributed by atoms with E-state index in [2.05, 4.69) is 50.4 Å². The maximum atomic E-state index is 12.3. The molecule has 0 spiro atoms. The SMILES string of the molecule is O=C(CCS(=O)(=O)c1ccc(Br)cc1)NCCCN1CCc2ccccc2C1. The highest BCUT2D eigenvalue weighted by molar-refractivity contribution is 9.10. The van der Waals surface area contributed by atoms with Crippen molar-refractivity contribution in [3.63, 3.8) is 0 Å². The molecule has 150 valence electrons. The predicted molar refractivity (Wildman–Crippen MR) is 114 cm³/mol. The first-order valence-electron chi connectivity index (χ1n) is 9.48. The molecule has 28 heavy (non-hydrogen) atoms. The molecule has 0 radical (unpaired) electrons. The Balaban J connectivity index is 1.35. The Kier molecular flexibility index (Phi) is 7.26. The number of hydrogen-bond donors (Lipinski definition) is 1. The second-order valence-corrected chi connectivity index (χ2v) is 10.0. The molecule has 0 saturated heterocycles. The van der Waals surface area contributed by atoms with Crippen LogP contribution in [0.25, 0.3) is 0 Å². The van der Waals surface area contributed by atoms with Crippen LogP contribution in [0.1, 0.15) is 24.0 Å². The topological polar surface area (TPSA) is 66.5 Å². The summed E-state index contributed by atoms with van der Waals surface area (Å²) in [5.41, 5.74) is 2.81. The highest BCUT2D eigenvalue weighted by Crippen LogP contribution is 2.18. The number of benzene rings is 2. The molecule has 0 aromatic heterocycles. The lowest BCUT2D eigenvalue weighted by molar-refractivity contribution is -0.120. The number of amides is 1. The number of nitrogens with zero attached hydrogens (tertiary/aromatic N) is 1. The second-order valence-electron chi connectivity index (χ2n) is 7.02. The summed E-state index contributed by atoms with van der Waals surface area (Å²) in [5.74, 6) is -0.395. The summed E-state index contributed by atoms with van der Waals surface area (Å²) in [5, 5.41) is 2.84. The lowest BCUT2D eigenvalue weighted by Crippen LogP contribution is -2.34. The average molecular weight is 465 g/mol. The molecule has 7 heteroatoms. The van der Waals surface area contributed by atoms with Crippen LogP contribution in [0.5, 0.6) is 0 Å². The van der Waals surface area contributed by atoms with Gasteiger partial charge < -0.3 is 5.32 Å². The maximum Gasteiger partial charge on any atom is 0.221 e.